The highest BCUT2D eigenvalue weighted by Crippen LogP contribution is 2.32. The molecule has 1 amide bonds. The number of halogens is 1. The molecule has 0 unspecified atom stereocenters. The molecule has 3 N–H and O–H groups in total. The van der Waals surface area contributed by atoms with Crippen LogP contribution in [0.15, 0.2) is 30.3 Å². The fourth-order valence-electron chi connectivity index (χ4n) is 2.58. The Balaban J connectivity index is 2.24. The molecule has 144 valence electrons. The molecule has 7 heteroatoms. The summed E-state index contributed by atoms with van der Waals surface area (Å²) in [5, 5.41) is 21.0. The summed E-state index contributed by atoms with van der Waals surface area (Å²) in [6.07, 6.45) is 0.738. The van der Waals surface area contributed by atoms with E-state index in [1.807, 2.05) is 6.07 Å². The monoisotopic (exact) mass is 483 g/mol. The number of aromatic hydroxyl groups is 1. The minimum absolute atomic E-state index is 0.243. The van der Waals surface area contributed by atoms with Crippen LogP contribution in [0.4, 0.5) is 0 Å². The van der Waals surface area contributed by atoms with Gasteiger partial charge in [-0.25, -0.2) is 0 Å². The minimum Gasteiger partial charge on any atom is -0.508 e. The molecule has 0 aliphatic carbocycles. The largest absolute Gasteiger partial charge is 0.508 e. The lowest BCUT2D eigenvalue weighted by molar-refractivity contribution is -0.135. The quantitative estimate of drug-likeness (QED) is 0.516. The fraction of sp³-hybridized carbons (Fsp3) is 0.300. The molecule has 0 bridgehead atoms. The van der Waals surface area contributed by atoms with E-state index in [4.69, 9.17) is 9.84 Å². The number of carbonyl (C=O) groups is 2. The van der Waals surface area contributed by atoms with Crippen molar-refractivity contribution in [2.75, 3.05) is 6.54 Å². The third-order valence-electron chi connectivity index (χ3n) is 3.83. The smallest absolute Gasteiger partial charge is 0.322 e. The first-order chi connectivity index (χ1) is 12.7. The van der Waals surface area contributed by atoms with Gasteiger partial charge in [0.1, 0.15) is 23.8 Å². The summed E-state index contributed by atoms with van der Waals surface area (Å²) in [5.74, 6) is 0.292. The first kappa shape index (κ1) is 21.0. The van der Waals surface area contributed by atoms with Gasteiger partial charge in [-0.05, 0) is 83.3 Å². The molecule has 0 aromatic heterocycles. The zero-order chi connectivity index (χ0) is 20.1. The standard InChI is InChI=1S/C20H22INO5/c1-11(2)6-13-8-14(4-5-17(13)23)27-18-7-12(3)15(9-16(18)21)20(26)22-10-19(24)25/h4-5,7-9,11,23H,6,10H2,1-3H3,(H,22,26)(H,24,25). The number of benzene rings is 2. The summed E-state index contributed by atoms with van der Waals surface area (Å²) in [5.41, 5.74) is 1.90. The number of phenols is 1. The lowest BCUT2D eigenvalue weighted by atomic mass is 10.0. The summed E-state index contributed by atoms with van der Waals surface area (Å²) < 4.78 is 6.68. The average molecular weight is 483 g/mol. The first-order valence-electron chi connectivity index (χ1n) is 8.47. The Kier molecular flexibility index (Phi) is 7.06. The Morgan fingerprint density at radius 3 is 2.56 bits per heavy atom. The van der Waals surface area contributed by atoms with Crippen molar-refractivity contribution < 1.29 is 24.5 Å². The van der Waals surface area contributed by atoms with Crippen molar-refractivity contribution in [3.63, 3.8) is 0 Å². The van der Waals surface area contributed by atoms with Gasteiger partial charge in [0.15, 0.2) is 0 Å². The van der Waals surface area contributed by atoms with Gasteiger partial charge in [-0.1, -0.05) is 13.8 Å². The maximum Gasteiger partial charge on any atom is 0.322 e. The Morgan fingerprint density at radius 2 is 1.93 bits per heavy atom. The maximum atomic E-state index is 12.1. The number of aryl methyl sites for hydroxylation is 1. The van der Waals surface area contributed by atoms with Gasteiger partial charge in [-0.3, -0.25) is 9.59 Å². The van der Waals surface area contributed by atoms with E-state index in [2.05, 4.69) is 41.8 Å². The number of aliphatic carboxylic acids is 1. The van der Waals surface area contributed by atoms with Crippen LogP contribution in [-0.4, -0.2) is 28.6 Å². The number of amides is 1. The number of rotatable bonds is 7. The highest BCUT2D eigenvalue weighted by molar-refractivity contribution is 14.1. The van der Waals surface area contributed by atoms with E-state index in [1.54, 1.807) is 31.2 Å². The van der Waals surface area contributed by atoms with E-state index in [9.17, 15) is 14.7 Å². The van der Waals surface area contributed by atoms with E-state index in [1.165, 1.54) is 0 Å². The van der Waals surface area contributed by atoms with Crippen molar-refractivity contribution >= 4 is 34.5 Å². The second kappa shape index (κ2) is 9.07. The summed E-state index contributed by atoms with van der Waals surface area (Å²) >= 11 is 2.07. The van der Waals surface area contributed by atoms with Gasteiger partial charge in [-0.2, -0.15) is 0 Å². The van der Waals surface area contributed by atoms with Crippen molar-refractivity contribution in [2.24, 2.45) is 5.92 Å². The Bertz CT molecular complexity index is 864. The number of nitrogens with one attached hydrogen (secondary N) is 1. The van der Waals surface area contributed by atoms with Gasteiger partial charge >= 0.3 is 5.97 Å². The zero-order valence-electron chi connectivity index (χ0n) is 15.4. The molecule has 0 atom stereocenters. The SMILES string of the molecule is Cc1cc(Oc2ccc(O)c(CC(C)C)c2)c(I)cc1C(=O)NCC(=O)O. The molecule has 2 aromatic rings. The summed E-state index contributed by atoms with van der Waals surface area (Å²) in [7, 11) is 0. The Hall–Kier alpha value is -2.29. The molecule has 0 saturated heterocycles. The molecule has 0 spiro atoms. The summed E-state index contributed by atoms with van der Waals surface area (Å²) in [6, 6.07) is 8.52. The topological polar surface area (TPSA) is 95.9 Å². The second-order valence-electron chi connectivity index (χ2n) is 6.66. The molecule has 0 aliphatic rings. The second-order valence-corrected chi connectivity index (χ2v) is 7.83. The molecule has 6 nitrogen and oxygen atoms in total. The molecular formula is C20H22INO5. The third-order valence-corrected chi connectivity index (χ3v) is 4.67. The van der Waals surface area contributed by atoms with Crippen molar-refractivity contribution in [2.45, 2.75) is 27.2 Å². The van der Waals surface area contributed by atoms with Gasteiger partial charge in [0.05, 0.1) is 3.57 Å². The predicted molar refractivity (Wildman–Crippen MR) is 111 cm³/mol. The molecule has 0 aliphatic heterocycles. The van der Waals surface area contributed by atoms with E-state index >= 15 is 0 Å². The lowest BCUT2D eigenvalue weighted by Crippen LogP contribution is -2.29. The number of carboxylic acids is 1. The van der Waals surface area contributed by atoms with Crippen LogP contribution in [-0.2, 0) is 11.2 Å². The number of carbonyl (C=O) groups excluding carboxylic acids is 1. The van der Waals surface area contributed by atoms with Crippen LogP contribution in [0.1, 0.15) is 35.3 Å². The van der Waals surface area contributed by atoms with Gasteiger partial charge in [0, 0.05) is 5.56 Å². The number of phenolic OH excluding ortho intramolecular Hbond substituents is 1. The molecule has 0 saturated carbocycles. The van der Waals surface area contributed by atoms with Crippen molar-refractivity contribution in [1.29, 1.82) is 0 Å². The molecule has 0 radical (unpaired) electrons. The first-order valence-corrected chi connectivity index (χ1v) is 9.55. The average Bonchev–Trinajstić information content (AvgIpc) is 2.58. The highest BCUT2D eigenvalue weighted by atomic mass is 127. The fourth-order valence-corrected chi connectivity index (χ4v) is 3.16. The summed E-state index contributed by atoms with van der Waals surface area (Å²) in [6.45, 7) is 5.49. The molecule has 0 heterocycles. The van der Waals surface area contributed by atoms with Crippen molar-refractivity contribution in [3.8, 4) is 17.2 Å². The zero-order valence-corrected chi connectivity index (χ0v) is 17.5. The highest BCUT2D eigenvalue weighted by Gasteiger charge is 2.15. The minimum atomic E-state index is -1.10. The normalized spacial score (nSPS) is 10.7. The van der Waals surface area contributed by atoms with Crippen LogP contribution in [0.5, 0.6) is 17.2 Å². The van der Waals surface area contributed by atoms with Gasteiger partial charge in [0.2, 0.25) is 0 Å². The number of carboxylic acid groups (broad SMARTS) is 1. The summed E-state index contributed by atoms with van der Waals surface area (Å²) in [4.78, 5) is 22.7. The van der Waals surface area contributed by atoms with E-state index in [0.29, 0.717) is 28.5 Å². The third kappa shape index (κ3) is 5.85. The van der Waals surface area contributed by atoms with Gasteiger partial charge in [-0.15, -0.1) is 0 Å². The van der Waals surface area contributed by atoms with E-state index in [-0.39, 0.29) is 5.75 Å². The molecule has 27 heavy (non-hydrogen) atoms. The van der Waals surface area contributed by atoms with Crippen LogP contribution < -0.4 is 10.1 Å². The maximum absolute atomic E-state index is 12.1. The Labute approximate surface area is 171 Å². The van der Waals surface area contributed by atoms with Gasteiger partial charge in [0.25, 0.3) is 5.91 Å². The molecule has 2 aromatic carbocycles. The number of ether oxygens (including phenoxy) is 1. The van der Waals surface area contributed by atoms with Crippen LogP contribution in [0.2, 0.25) is 0 Å². The van der Waals surface area contributed by atoms with Gasteiger partial charge < -0.3 is 20.3 Å². The van der Waals surface area contributed by atoms with Crippen LogP contribution in [0.3, 0.4) is 0 Å². The predicted octanol–water partition coefficient (Wildman–Crippen LogP) is 4.11. The van der Waals surface area contributed by atoms with Crippen LogP contribution in [0.25, 0.3) is 0 Å². The van der Waals surface area contributed by atoms with Crippen molar-refractivity contribution in [3.05, 3.63) is 50.6 Å². The lowest BCUT2D eigenvalue weighted by Gasteiger charge is -2.14. The number of hydrogen-bond acceptors (Lipinski definition) is 4. The van der Waals surface area contributed by atoms with Crippen LogP contribution in [0, 0.1) is 16.4 Å². The molecular weight excluding hydrogens is 461 g/mol. The Morgan fingerprint density at radius 1 is 1.22 bits per heavy atom. The van der Waals surface area contributed by atoms with E-state index < -0.39 is 18.4 Å². The van der Waals surface area contributed by atoms with Crippen LogP contribution >= 0.6 is 22.6 Å². The van der Waals surface area contributed by atoms with E-state index in [0.717, 1.165) is 15.6 Å². The molecule has 2 rings (SSSR count). The number of hydrogen-bond donors (Lipinski definition) is 3. The van der Waals surface area contributed by atoms with Crippen molar-refractivity contribution in [1.82, 2.24) is 5.32 Å². The molecule has 0 fully saturated rings.